The molecule has 0 aliphatic heterocycles. The Hall–Kier alpha value is -1.32. The summed E-state index contributed by atoms with van der Waals surface area (Å²) in [6.45, 7) is 0. The lowest BCUT2D eigenvalue weighted by Gasteiger charge is -2.15. The van der Waals surface area contributed by atoms with Crippen LogP contribution >= 0.6 is 11.6 Å². The van der Waals surface area contributed by atoms with Crippen molar-refractivity contribution in [3.05, 3.63) is 65.7 Å². The number of alkyl halides is 1. The smallest absolute Gasteiger partial charge is 0.183 e. The second-order valence-electron chi connectivity index (χ2n) is 4.70. The van der Waals surface area contributed by atoms with Crippen molar-refractivity contribution >= 4 is 21.4 Å². The molecule has 98 valence electrons. The molecule has 19 heavy (non-hydrogen) atoms. The van der Waals surface area contributed by atoms with Crippen LogP contribution in [-0.4, -0.2) is 13.7 Å². The van der Waals surface area contributed by atoms with E-state index in [1.165, 1.54) is 0 Å². The Morgan fingerprint density at radius 1 is 0.947 bits per heavy atom. The highest BCUT2D eigenvalue weighted by Crippen LogP contribution is 2.41. The fourth-order valence-electron chi connectivity index (χ4n) is 2.56. The maximum Gasteiger partial charge on any atom is 0.183 e. The Kier molecular flexibility index (Phi) is 3.11. The van der Waals surface area contributed by atoms with Gasteiger partial charge in [0.05, 0.1) is 15.5 Å². The van der Waals surface area contributed by atoms with Crippen molar-refractivity contribution in [2.45, 2.75) is 21.9 Å². The van der Waals surface area contributed by atoms with Crippen LogP contribution in [0, 0.1) is 0 Å². The predicted octanol–water partition coefficient (Wildman–Crippen LogP) is 3.37. The molecule has 2 atom stereocenters. The van der Waals surface area contributed by atoms with Gasteiger partial charge in [0.1, 0.15) is 0 Å². The Balaban J connectivity index is 2.02. The van der Waals surface area contributed by atoms with Gasteiger partial charge in [0.2, 0.25) is 0 Å². The molecule has 4 heteroatoms. The highest BCUT2D eigenvalue weighted by molar-refractivity contribution is 7.92. The van der Waals surface area contributed by atoms with Crippen molar-refractivity contribution < 1.29 is 8.42 Å². The Morgan fingerprint density at radius 2 is 1.58 bits per heavy atom. The van der Waals surface area contributed by atoms with Crippen LogP contribution in [0.4, 0.5) is 0 Å². The van der Waals surface area contributed by atoms with Gasteiger partial charge in [0, 0.05) is 0 Å². The van der Waals surface area contributed by atoms with E-state index in [0.29, 0.717) is 11.3 Å². The number of hydrogen-bond acceptors (Lipinski definition) is 2. The van der Waals surface area contributed by atoms with E-state index in [1.807, 2.05) is 24.3 Å². The van der Waals surface area contributed by atoms with Crippen LogP contribution in [-0.2, 0) is 16.3 Å². The summed E-state index contributed by atoms with van der Waals surface area (Å²) in [5.74, 6) is 0. The molecule has 0 aromatic heterocycles. The van der Waals surface area contributed by atoms with Gasteiger partial charge in [-0.2, -0.15) is 0 Å². The van der Waals surface area contributed by atoms with E-state index in [1.54, 1.807) is 30.3 Å². The molecule has 0 N–H and O–H groups in total. The van der Waals surface area contributed by atoms with E-state index in [-0.39, 0.29) is 0 Å². The minimum Gasteiger partial charge on any atom is -0.223 e. The van der Waals surface area contributed by atoms with E-state index in [9.17, 15) is 8.42 Å². The van der Waals surface area contributed by atoms with E-state index in [2.05, 4.69) is 0 Å². The molecular formula is C15H13ClO2S. The van der Waals surface area contributed by atoms with Crippen molar-refractivity contribution in [3.8, 4) is 0 Å². The lowest BCUT2D eigenvalue weighted by atomic mass is 10.1. The molecule has 2 aromatic rings. The third kappa shape index (κ3) is 2.07. The summed E-state index contributed by atoms with van der Waals surface area (Å²) in [5, 5.41) is -1.05. The molecule has 0 fully saturated rings. The average molecular weight is 293 g/mol. The van der Waals surface area contributed by atoms with Crippen LogP contribution in [0.2, 0.25) is 0 Å². The third-order valence-corrected chi connectivity index (χ3v) is 6.42. The van der Waals surface area contributed by atoms with Crippen molar-refractivity contribution in [1.82, 2.24) is 0 Å². The first-order chi connectivity index (χ1) is 9.10. The first-order valence-corrected chi connectivity index (χ1v) is 8.10. The molecule has 1 aliphatic rings. The maximum absolute atomic E-state index is 12.6. The van der Waals surface area contributed by atoms with Crippen molar-refractivity contribution in [1.29, 1.82) is 0 Å². The summed E-state index contributed by atoms with van der Waals surface area (Å²) in [4.78, 5) is 0.346. The first-order valence-electron chi connectivity index (χ1n) is 6.11. The van der Waals surface area contributed by atoms with E-state index >= 15 is 0 Å². The molecule has 0 unspecified atom stereocenters. The number of sulfone groups is 1. The number of hydrogen-bond donors (Lipinski definition) is 0. The van der Waals surface area contributed by atoms with Gasteiger partial charge in [0.15, 0.2) is 9.84 Å². The Morgan fingerprint density at radius 3 is 2.26 bits per heavy atom. The number of halogens is 1. The summed E-state index contributed by atoms with van der Waals surface area (Å²) in [6, 6.07) is 16.2. The second-order valence-corrected chi connectivity index (χ2v) is 7.34. The molecule has 1 aliphatic carbocycles. The molecule has 0 heterocycles. The zero-order valence-corrected chi connectivity index (χ0v) is 11.7. The van der Waals surface area contributed by atoms with E-state index in [0.717, 1.165) is 11.1 Å². The van der Waals surface area contributed by atoms with Crippen LogP contribution in [0.5, 0.6) is 0 Å². The number of rotatable bonds is 2. The summed E-state index contributed by atoms with van der Waals surface area (Å²) < 4.78 is 25.3. The minimum absolute atomic E-state index is 0.346. The standard InChI is InChI=1S/C15H13ClO2S/c16-15-13-9-5-4-6-11(13)10-14(15)19(17,18)12-7-2-1-3-8-12/h1-9,14-15H,10H2/t14-,15+/m1/s1. The van der Waals surface area contributed by atoms with Gasteiger partial charge in [-0.15, -0.1) is 11.6 Å². The van der Waals surface area contributed by atoms with Gasteiger partial charge < -0.3 is 0 Å². The molecule has 0 bridgehead atoms. The summed E-state index contributed by atoms with van der Waals surface area (Å²) in [5.41, 5.74) is 1.97. The van der Waals surface area contributed by atoms with Gasteiger partial charge in [-0.25, -0.2) is 8.42 Å². The first kappa shape index (κ1) is 12.7. The number of fused-ring (bicyclic) bond motifs is 1. The van der Waals surface area contributed by atoms with Gasteiger partial charge in [-0.05, 0) is 29.7 Å². The van der Waals surface area contributed by atoms with Gasteiger partial charge >= 0.3 is 0 Å². The van der Waals surface area contributed by atoms with Gasteiger partial charge in [-0.1, -0.05) is 42.5 Å². The van der Waals surface area contributed by atoms with E-state index in [4.69, 9.17) is 11.6 Å². The molecule has 3 rings (SSSR count). The lowest BCUT2D eigenvalue weighted by molar-refractivity contribution is 0.579. The quantitative estimate of drug-likeness (QED) is 0.795. The van der Waals surface area contributed by atoms with Crippen LogP contribution in [0.3, 0.4) is 0 Å². The summed E-state index contributed by atoms with van der Waals surface area (Å²) in [6.07, 6.45) is 0.488. The molecular weight excluding hydrogens is 280 g/mol. The monoisotopic (exact) mass is 292 g/mol. The van der Waals surface area contributed by atoms with E-state index < -0.39 is 20.5 Å². The highest BCUT2D eigenvalue weighted by Gasteiger charge is 2.40. The predicted molar refractivity (Wildman–Crippen MR) is 76.2 cm³/mol. The highest BCUT2D eigenvalue weighted by atomic mass is 35.5. The topological polar surface area (TPSA) is 34.1 Å². The normalized spacial score (nSPS) is 22.2. The van der Waals surface area contributed by atoms with Crippen LogP contribution < -0.4 is 0 Å². The van der Waals surface area contributed by atoms with Crippen molar-refractivity contribution in [2.75, 3.05) is 0 Å². The zero-order valence-electron chi connectivity index (χ0n) is 10.2. The molecule has 0 saturated carbocycles. The molecule has 0 amide bonds. The zero-order chi connectivity index (χ0) is 13.5. The molecule has 2 aromatic carbocycles. The molecule has 0 spiro atoms. The van der Waals surface area contributed by atoms with Crippen molar-refractivity contribution in [3.63, 3.8) is 0 Å². The SMILES string of the molecule is O=S(=O)(c1ccccc1)[C@@H]1Cc2ccccc2[C@@H]1Cl. The summed E-state index contributed by atoms with van der Waals surface area (Å²) >= 11 is 6.36. The van der Waals surface area contributed by atoms with Crippen molar-refractivity contribution in [2.24, 2.45) is 0 Å². The third-order valence-electron chi connectivity index (χ3n) is 3.57. The fourth-order valence-corrected chi connectivity index (χ4v) is 5.02. The van der Waals surface area contributed by atoms with Crippen LogP contribution in [0.1, 0.15) is 16.5 Å². The fraction of sp³-hybridized carbons (Fsp3) is 0.200. The molecule has 2 nitrogen and oxygen atoms in total. The second kappa shape index (κ2) is 4.66. The summed E-state index contributed by atoms with van der Waals surface area (Å²) in [7, 11) is -3.39. The average Bonchev–Trinajstić information content (AvgIpc) is 2.78. The molecule has 0 saturated heterocycles. The maximum atomic E-state index is 12.6. The Labute approximate surface area is 118 Å². The number of benzene rings is 2. The van der Waals surface area contributed by atoms with Crippen LogP contribution in [0.15, 0.2) is 59.5 Å². The molecule has 0 radical (unpaired) electrons. The van der Waals surface area contributed by atoms with Crippen LogP contribution in [0.25, 0.3) is 0 Å². The minimum atomic E-state index is -3.39. The van der Waals surface area contributed by atoms with Gasteiger partial charge in [-0.3, -0.25) is 0 Å². The lowest BCUT2D eigenvalue weighted by Crippen LogP contribution is -2.23. The Bertz CT molecular complexity index is 695. The largest absolute Gasteiger partial charge is 0.223 e. The van der Waals surface area contributed by atoms with Gasteiger partial charge in [0.25, 0.3) is 0 Å².